The van der Waals surface area contributed by atoms with E-state index in [1.807, 2.05) is 22.9 Å². The fourth-order valence-corrected chi connectivity index (χ4v) is 5.78. The van der Waals surface area contributed by atoms with E-state index in [1.165, 1.54) is 30.4 Å². The van der Waals surface area contributed by atoms with Crippen LogP contribution in [0.3, 0.4) is 0 Å². The average Bonchev–Trinajstić information content (AvgIpc) is 3.11. The van der Waals surface area contributed by atoms with E-state index in [9.17, 15) is 8.78 Å². The van der Waals surface area contributed by atoms with Gasteiger partial charge in [-0.25, -0.2) is 13.2 Å². The van der Waals surface area contributed by atoms with Crippen molar-refractivity contribution in [1.82, 2.24) is 9.80 Å². The summed E-state index contributed by atoms with van der Waals surface area (Å²) in [5.41, 5.74) is 3.36. The Bertz CT molecular complexity index is 1050. The third kappa shape index (κ3) is 10.0. The molecule has 1 saturated heterocycles. The van der Waals surface area contributed by atoms with Crippen molar-refractivity contribution >= 4 is 5.71 Å². The minimum Gasteiger partial charge on any atom is -0.375 e. The lowest BCUT2D eigenvalue weighted by atomic mass is 9.88. The number of unbranched alkanes of at least 4 members (excludes halogenated alkanes) is 3. The topological polar surface area (TPSA) is 18.8 Å². The van der Waals surface area contributed by atoms with Gasteiger partial charge in [-0.1, -0.05) is 44.2 Å². The van der Waals surface area contributed by atoms with Crippen molar-refractivity contribution in [2.75, 3.05) is 33.4 Å². The summed E-state index contributed by atoms with van der Waals surface area (Å²) in [4.78, 5) is 8.61. The molecule has 2 aliphatic heterocycles. The molecule has 6 heteroatoms. The maximum absolute atomic E-state index is 15.2. The van der Waals surface area contributed by atoms with Gasteiger partial charge in [0.25, 0.3) is 0 Å². The number of allylic oxidation sites excluding steroid dienone is 11. The fourth-order valence-electron chi connectivity index (χ4n) is 5.78. The summed E-state index contributed by atoms with van der Waals surface area (Å²) in [5, 5.41) is 0. The van der Waals surface area contributed by atoms with Gasteiger partial charge in [-0.2, -0.15) is 0 Å². The second-order valence-electron chi connectivity index (χ2n) is 11.4. The Morgan fingerprint density at radius 3 is 2.60 bits per heavy atom. The molecule has 220 valence electrons. The first-order valence-electron chi connectivity index (χ1n) is 15.0. The van der Waals surface area contributed by atoms with E-state index in [0.717, 1.165) is 57.1 Å². The highest BCUT2D eigenvalue weighted by molar-refractivity contribution is 5.89. The highest BCUT2D eigenvalue weighted by Gasteiger charge is 2.24. The van der Waals surface area contributed by atoms with Crippen molar-refractivity contribution in [3.8, 4) is 0 Å². The van der Waals surface area contributed by atoms with Crippen LogP contribution in [0.2, 0.25) is 0 Å². The van der Waals surface area contributed by atoms with Crippen molar-refractivity contribution in [2.45, 2.75) is 77.7 Å². The molecular weight excluding hydrogens is 507 g/mol. The highest BCUT2D eigenvalue weighted by Crippen LogP contribution is 2.31. The van der Waals surface area contributed by atoms with Crippen LogP contribution < -0.4 is 0 Å². The summed E-state index contributed by atoms with van der Waals surface area (Å²) in [6.07, 6.45) is 23.0. The van der Waals surface area contributed by atoms with E-state index >= 15 is 4.39 Å². The second kappa shape index (κ2) is 16.5. The number of alkyl halides is 1. The number of hydrogen-bond acceptors (Lipinski definition) is 3. The van der Waals surface area contributed by atoms with Crippen molar-refractivity contribution in [1.29, 1.82) is 0 Å². The minimum absolute atomic E-state index is 0.200. The van der Waals surface area contributed by atoms with E-state index in [0.29, 0.717) is 48.8 Å². The smallest absolute Gasteiger partial charge is 0.147 e. The lowest BCUT2D eigenvalue weighted by Crippen LogP contribution is -2.33. The molecule has 3 rings (SSSR count). The first kappa shape index (κ1) is 31.8. The first-order valence-corrected chi connectivity index (χ1v) is 15.0. The van der Waals surface area contributed by atoms with Gasteiger partial charge in [-0.05, 0) is 93.6 Å². The van der Waals surface area contributed by atoms with Gasteiger partial charge in [0, 0.05) is 50.6 Å². The molecule has 0 radical (unpaired) electrons. The molecule has 1 aliphatic carbocycles. The molecule has 1 fully saturated rings. The van der Waals surface area contributed by atoms with Gasteiger partial charge >= 0.3 is 0 Å². The van der Waals surface area contributed by atoms with Crippen LogP contribution >= 0.6 is 0 Å². The Balaban J connectivity index is 1.39. The standard InChI is InChI=1S/C34H48F3N3/c1-26-24-27(2)38-34(26)14-9-7-5-6-8-10-21-39(4)32(17-20-35)25-33(37)28(3)40-22-18-30(19-23-40)29-12-11-13-31(36)16-15-29/h7,9,12-13,15-17,25-27,30H,3,5-6,8,10-11,14,18-24H2,1-2,4H3/b9-7+,32-17?,33-25?. The largest absolute Gasteiger partial charge is 0.375 e. The van der Waals surface area contributed by atoms with Crippen LogP contribution in [0.25, 0.3) is 0 Å². The van der Waals surface area contributed by atoms with E-state index in [-0.39, 0.29) is 5.83 Å². The summed E-state index contributed by atoms with van der Waals surface area (Å²) in [7, 11) is 1.88. The van der Waals surface area contributed by atoms with Crippen molar-refractivity contribution in [3.05, 3.63) is 83.8 Å². The summed E-state index contributed by atoms with van der Waals surface area (Å²) >= 11 is 0. The fraction of sp³-hybridized carbons (Fsp3) is 0.559. The Labute approximate surface area is 240 Å². The highest BCUT2D eigenvalue weighted by atomic mass is 19.1. The number of hydrogen-bond donors (Lipinski definition) is 0. The van der Waals surface area contributed by atoms with Gasteiger partial charge in [-0.3, -0.25) is 4.99 Å². The van der Waals surface area contributed by atoms with Gasteiger partial charge in [-0.15, -0.1) is 0 Å². The number of piperidine rings is 1. The van der Waals surface area contributed by atoms with Crippen molar-refractivity contribution < 1.29 is 13.2 Å². The van der Waals surface area contributed by atoms with Gasteiger partial charge in [0.15, 0.2) is 0 Å². The molecule has 0 aromatic heterocycles. The Morgan fingerprint density at radius 1 is 1.12 bits per heavy atom. The number of halogens is 3. The predicted octanol–water partition coefficient (Wildman–Crippen LogP) is 8.97. The van der Waals surface area contributed by atoms with E-state index in [2.05, 4.69) is 38.7 Å². The quantitative estimate of drug-likeness (QED) is 0.121. The molecule has 0 N–H and O–H groups in total. The number of likely N-dealkylation sites (tertiary alicyclic amines) is 1. The Morgan fingerprint density at radius 2 is 1.90 bits per heavy atom. The van der Waals surface area contributed by atoms with Crippen molar-refractivity contribution in [3.63, 3.8) is 0 Å². The third-order valence-corrected chi connectivity index (χ3v) is 8.23. The van der Waals surface area contributed by atoms with E-state index in [1.54, 1.807) is 6.08 Å². The average molecular weight is 556 g/mol. The molecule has 0 spiro atoms. The van der Waals surface area contributed by atoms with Crippen LogP contribution in [0.1, 0.15) is 71.6 Å². The zero-order valence-corrected chi connectivity index (χ0v) is 24.7. The molecule has 0 amide bonds. The molecule has 0 saturated carbocycles. The molecule has 40 heavy (non-hydrogen) atoms. The van der Waals surface area contributed by atoms with Crippen LogP contribution in [0, 0.1) is 11.8 Å². The lowest BCUT2D eigenvalue weighted by molar-refractivity contribution is 0.244. The number of rotatable bonds is 14. The molecule has 3 nitrogen and oxygen atoms in total. The van der Waals surface area contributed by atoms with E-state index < -0.39 is 12.5 Å². The zero-order chi connectivity index (χ0) is 28.9. The van der Waals surface area contributed by atoms with Gasteiger partial charge in [0.05, 0.1) is 5.70 Å². The molecular formula is C34H48F3N3. The van der Waals surface area contributed by atoms with Crippen LogP contribution in [0.5, 0.6) is 0 Å². The molecule has 2 atom stereocenters. The van der Waals surface area contributed by atoms with Crippen LogP contribution in [0.15, 0.2) is 88.8 Å². The molecule has 2 heterocycles. The summed E-state index contributed by atoms with van der Waals surface area (Å²) < 4.78 is 42.0. The summed E-state index contributed by atoms with van der Waals surface area (Å²) in [6.45, 7) is 9.90. The maximum atomic E-state index is 15.2. The number of nitrogens with zero attached hydrogens (tertiary/aromatic N) is 3. The van der Waals surface area contributed by atoms with Gasteiger partial charge < -0.3 is 9.80 Å². The molecule has 3 aliphatic rings. The van der Waals surface area contributed by atoms with Gasteiger partial charge in [0.2, 0.25) is 0 Å². The van der Waals surface area contributed by atoms with Crippen LogP contribution in [-0.4, -0.2) is 54.9 Å². The van der Waals surface area contributed by atoms with Crippen molar-refractivity contribution in [2.24, 2.45) is 16.8 Å². The SMILES string of the molecule is C=C(C(F)=CC(=CCF)N(C)CCCCC/C=C/CC1=NC(C)CC1C)N1CCC(C2=CCC=C(F)C=C2)CC1. The minimum atomic E-state index is -0.646. The molecule has 0 bridgehead atoms. The van der Waals surface area contributed by atoms with Crippen LogP contribution in [-0.2, 0) is 0 Å². The molecule has 0 aromatic rings. The summed E-state index contributed by atoms with van der Waals surface area (Å²) in [6, 6.07) is 0.462. The third-order valence-electron chi connectivity index (χ3n) is 8.23. The number of likely N-dealkylation sites (N-methyl/N-ethyl adjacent to an activating group) is 1. The van der Waals surface area contributed by atoms with Gasteiger partial charge in [0.1, 0.15) is 18.3 Å². The normalized spacial score (nSPS) is 22.9. The predicted molar refractivity (Wildman–Crippen MR) is 163 cm³/mol. The Kier molecular flexibility index (Phi) is 13.1. The Hall–Kier alpha value is -2.76. The monoisotopic (exact) mass is 555 g/mol. The second-order valence-corrected chi connectivity index (χ2v) is 11.4. The van der Waals surface area contributed by atoms with E-state index in [4.69, 9.17) is 4.99 Å². The maximum Gasteiger partial charge on any atom is 0.147 e. The lowest BCUT2D eigenvalue weighted by Gasteiger charge is -2.35. The summed E-state index contributed by atoms with van der Waals surface area (Å²) in [5.74, 6) is 0.312. The number of aliphatic imine (C=N–C) groups is 1. The first-order chi connectivity index (χ1) is 19.3. The zero-order valence-electron chi connectivity index (χ0n) is 24.7. The molecule has 0 aromatic carbocycles. The van der Waals surface area contributed by atoms with Crippen LogP contribution in [0.4, 0.5) is 13.2 Å². The molecule has 2 unspecified atom stereocenters.